The van der Waals surface area contributed by atoms with Crippen LogP contribution in [0.5, 0.6) is 0 Å². The van der Waals surface area contributed by atoms with Gasteiger partial charge in [0.05, 0.1) is 78.3 Å². The molecule has 12 saturated heterocycles. The molecular weight excluding hydrogens is 1960 g/mol. The molecular formula is C80H134N4O59. The molecule has 63 nitrogen and oxygen atoms in total. The van der Waals surface area contributed by atoms with Crippen molar-refractivity contribution < 1.29 is 292 Å². The second-order valence-corrected chi connectivity index (χ2v) is 36.6. The molecule has 1 unspecified atom stereocenters. The molecule has 828 valence electrons. The molecule has 12 heterocycles. The summed E-state index contributed by atoms with van der Waals surface area (Å²) in [5, 5.41) is 369. The van der Waals surface area contributed by atoms with Crippen LogP contribution >= 0.6 is 0 Å². The number of hydrogen-bond acceptors (Lipinski definition) is 59. The molecule has 0 aliphatic carbocycles. The first-order valence-electron chi connectivity index (χ1n) is 45.9. The van der Waals surface area contributed by atoms with Gasteiger partial charge in [0.1, 0.15) is 281 Å². The van der Waals surface area contributed by atoms with Crippen molar-refractivity contribution in [2.24, 2.45) is 0 Å². The van der Waals surface area contributed by atoms with Gasteiger partial charge < -0.3 is 294 Å². The number of ether oxygens (including phenoxy) is 23. The maximum absolute atomic E-state index is 14.0. The standard InChI is InChI=1S/C80H134N4O59/c1-17-37(97)47(107)54(114)74(123-17)138-63-30(14-92)132-73(36(84-22(6)96)65(63)140-80-68(51(111)41(101)25(9-87)129-80)143-75-55(115)48(108)38(98)18(2)124-75)142-67-44(104)31(15-121-70-33(81-19(3)93)45(105)60(28(12-90)130-70)135-76-56(116)49(109)39(99)23(7-85)127-76)133-78(58(67)118)136-61-29(13-91)131-71(34(46(61)106)82-20(4)94)122-16-32-43(103)66(59(119)79(134-32)137-62-27(11-89)125-69(120)53(113)52(62)112)141-72-35(83-21(5)95)64(42(102)26(10-88)126-72)139-77-57(117)50(110)40(100)24(8-86)128-77/h17-18,23-80,85-92,97-120H,7-16H2,1-6H3,(H,81,93)(H,82,94)(H,83,95)(H,84,96)/t17-,18-,23+,24+,25+,26+,27+,28+,29+,30+,31+,32+,33+,34+,35+,36+,37+,38+,39-,40-,41-,42+,43-,44-,45+,46+,47+,48+,49-,50-,51-,52+,53+,54-,55-,56+,57+,58+,59+,60+,61+,62+,63+,64+,65+,66-,67-,68+,69?,70+,71+,72-,73-,74-,75-,76-,77-,78-,79-,80-/m0/s1. The first kappa shape index (κ1) is 117. The summed E-state index contributed by atoms with van der Waals surface area (Å²) in [7, 11) is 0. The molecule has 12 fully saturated rings. The number of hydrogen-bond donors (Lipinski definition) is 36. The van der Waals surface area contributed by atoms with Gasteiger partial charge in [0.25, 0.3) is 0 Å². The SMILES string of the molecule is CC(=O)N[C@H]1[C@H](OC[C@H]2O[C@@H](O[C@H]3[C@H](O)[C@@H](NC(C)=O)[C@H](OC[C@H]4O[C@@H](O[C@H]5[C@H](O)[C@@H](O)C(O)O[C@@H]5CO)[C@H](O)[C@@H](O[C@@H]5O[C@H](CO)[C@@H](O)[C@H](O[C@@H]6O[C@H](CO)[C@H](O)[C@H](O)[C@H]6O)[C@H]5NC(C)=O)[C@H]4O)O[C@@H]3CO)[C@H](O)[C@@H](O[C@@H]3O[C@H](CO)[C@@H](O[C@@H]4O[C@@H](C)[C@@H](O)[C@@H](O)[C@@H]4O)[C@H](O[C@@H]4O[C@H](CO)[C@H](O)[C@H](O)[C@H]4O[C@@H]4O[C@@H](C)[C@@H](O)[C@@H](O)[C@@H]4O)[C@H]3NC(C)=O)[C@H]2O)O[C@H](CO)[C@@H](O[C@@H]2O[C@H](CO)[C@H](O)[C@H](O)[C@H]2O)[C@@H]1O. The maximum atomic E-state index is 14.0. The van der Waals surface area contributed by atoms with Gasteiger partial charge >= 0.3 is 0 Å². The first-order chi connectivity index (χ1) is 67.6. The highest BCUT2D eigenvalue weighted by atomic mass is 16.8. The zero-order chi connectivity index (χ0) is 105. The average molecular weight is 2100 g/mol. The van der Waals surface area contributed by atoms with Crippen LogP contribution in [0.4, 0.5) is 0 Å². The molecule has 0 spiro atoms. The molecule has 12 aliphatic rings. The van der Waals surface area contributed by atoms with Gasteiger partial charge in [0, 0.05) is 27.7 Å². The Kier molecular flexibility index (Phi) is 41.8. The van der Waals surface area contributed by atoms with E-state index in [0.717, 1.165) is 27.7 Å². The quantitative estimate of drug-likeness (QED) is 0.0277. The van der Waals surface area contributed by atoms with Crippen LogP contribution in [-0.2, 0) is 128 Å². The topological polar surface area (TPSA) is 976 Å². The Morgan fingerprint density at radius 1 is 0.196 bits per heavy atom. The third kappa shape index (κ3) is 25.8. The fourth-order valence-corrected chi connectivity index (χ4v) is 18.7. The molecule has 0 aromatic carbocycles. The Hall–Kier alpha value is -4.32. The van der Waals surface area contributed by atoms with Gasteiger partial charge in [0.2, 0.25) is 23.6 Å². The van der Waals surface area contributed by atoms with E-state index in [1.165, 1.54) is 13.8 Å². The summed E-state index contributed by atoms with van der Waals surface area (Å²) in [6.07, 6.45) is -119. The lowest BCUT2D eigenvalue weighted by Gasteiger charge is -2.52. The lowest BCUT2D eigenvalue weighted by molar-refractivity contribution is -0.401. The van der Waals surface area contributed by atoms with Crippen LogP contribution in [0.15, 0.2) is 0 Å². The lowest BCUT2D eigenvalue weighted by atomic mass is 9.93. The molecule has 143 heavy (non-hydrogen) atoms. The van der Waals surface area contributed by atoms with E-state index in [0.29, 0.717) is 0 Å². The smallest absolute Gasteiger partial charge is 0.217 e. The van der Waals surface area contributed by atoms with E-state index in [1.807, 2.05) is 0 Å². The number of nitrogens with one attached hydrogen (secondary N) is 4. The molecule has 60 atom stereocenters. The van der Waals surface area contributed by atoms with Crippen LogP contribution in [0, 0.1) is 0 Å². The second-order valence-electron chi connectivity index (χ2n) is 36.6. The van der Waals surface area contributed by atoms with Crippen LogP contribution in [0.25, 0.3) is 0 Å². The predicted octanol–water partition coefficient (Wildman–Crippen LogP) is -24.5. The lowest BCUT2D eigenvalue weighted by Crippen LogP contribution is -2.72. The summed E-state index contributed by atoms with van der Waals surface area (Å²) in [5.41, 5.74) is 0. The zero-order valence-electron chi connectivity index (χ0n) is 77.0. The maximum Gasteiger partial charge on any atom is 0.217 e. The van der Waals surface area contributed by atoms with Crippen molar-refractivity contribution in [3.8, 4) is 0 Å². The third-order valence-corrected chi connectivity index (χ3v) is 26.6. The van der Waals surface area contributed by atoms with E-state index in [-0.39, 0.29) is 0 Å². The highest BCUT2D eigenvalue weighted by molar-refractivity contribution is 5.74. The Morgan fingerprint density at radius 3 is 0.825 bits per heavy atom. The van der Waals surface area contributed by atoms with E-state index in [2.05, 4.69) is 21.3 Å². The largest absolute Gasteiger partial charge is 0.394 e. The van der Waals surface area contributed by atoms with Crippen molar-refractivity contribution in [3.05, 3.63) is 0 Å². The summed E-state index contributed by atoms with van der Waals surface area (Å²) < 4.78 is 139. The van der Waals surface area contributed by atoms with Crippen molar-refractivity contribution in [3.63, 3.8) is 0 Å². The van der Waals surface area contributed by atoms with E-state index < -0.39 is 458 Å². The summed E-state index contributed by atoms with van der Waals surface area (Å²) in [6.45, 7) is -5.65. The number of carbonyl (C=O) groups excluding carboxylic acids is 4. The summed E-state index contributed by atoms with van der Waals surface area (Å²) in [4.78, 5) is 53.8. The number of carbonyl (C=O) groups is 4. The summed E-state index contributed by atoms with van der Waals surface area (Å²) >= 11 is 0. The van der Waals surface area contributed by atoms with Gasteiger partial charge in [-0.15, -0.1) is 0 Å². The Morgan fingerprint density at radius 2 is 0.441 bits per heavy atom. The van der Waals surface area contributed by atoms with Crippen LogP contribution in [0.1, 0.15) is 41.5 Å². The molecule has 36 N–H and O–H groups in total. The number of amides is 4. The molecule has 12 aliphatic heterocycles. The normalized spacial score (nSPS) is 50.7. The second kappa shape index (κ2) is 51.0. The van der Waals surface area contributed by atoms with Crippen LogP contribution in [0.3, 0.4) is 0 Å². The highest BCUT2D eigenvalue weighted by Crippen LogP contribution is 2.43. The van der Waals surface area contributed by atoms with E-state index in [1.54, 1.807) is 0 Å². The van der Waals surface area contributed by atoms with Crippen LogP contribution in [0.2, 0.25) is 0 Å². The zero-order valence-corrected chi connectivity index (χ0v) is 77.0. The third-order valence-electron chi connectivity index (χ3n) is 26.6. The minimum Gasteiger partial charge on any atom is -0.394 e. The Bertz CT molecular complexity index is 3960. The van der Waals surface area contributed by atoms with Crippen LogP contribution < -0.4 is 21.3 Å². The molecule has 12 rings (SSSR count). The van der Waals surface area contributed by atoms with E-state index >= 15 is 0 Å². The number of aliphatic hydroxyl groups excluding tert-OH is 32. The molecule has 4 amide bonds. The van der Waals surface area contributed by atoms with E-state index in [9.17, 15) is 183 Å². The van der Waals surface area contributed by atoms with Gasteiger partial charge in [-0.3, -0.25) is 19.2 Å². The van der Waals surface area contributed by atoms with Crippen molar-refractivity contribution in [1.82, 2.24) is 21.3 Å². The summed E-state index contributed by atoms with van der Waals surface area (Å²) in [6, 6.07) is -8.21. The molecule has 0 saturated carbocycles. The molecule has 0 radical (unpaired) electrons. The fourth-order valence-electron chi connectivity index (χ4n) is 18.7. The molecule has 63 heteroatoms. The highest BCUT2D eigenvalue weighted by Gasteiger charge is 2.64. The van der Waals surface area contributed by atoms with Gasteiger partial charge in [-0.05, 0) is 13.8 Å². The van der Waals surface area contributed by atoms with Crippen molar-refractivity contribution in [1.29, 1.82) is 0 Å². The molecule has 0 aromatic rings. The van der Waals surface area contributed by atoms with Gasteiger partial charge in [-0.25, -0.2) is 0 Å². The summed E-state index contributed by atoms with van der Waals surface area (Å²) in [5.74, 6) is -4.12. The Balaban J connectivity index is 0.890. The van der Waals surface area contributed by atoms with Crippen molar-refractivity contribution >= 4 is 23.6 Å². The van der Waals surface area contributed by atoms with Crippen molar-refractivity contribution in [2.75, 3.05) is 66.1 Å². The monoisotopic (exact) mass is 2090 g/mol. The molecule has 0 bridgehead atoms. The van der Waals surface area contributed by atoms with Crippen LogP contribution in [-0.4, -0.2) is 621 Å². The van der Waals surface area contributed by atoms with Gasteiger partial charge in [-0.1, -0.05) is 0 Å². The number of rotatable bonds is 36. The first-order valence-corrected chi connectivity index (χ1v) is 45.9. The van der Waals surface area contributed by atoms with Crippen molar-refractivity contribution in [2.45, 2.75) is 410 Å². The molecule has 0 aromatic heterocycles. The number of aliphatic hydroxyl groups is 32. The Labute approximate surface area is 809 Å². The average Bonchev–Trinajstić information content (AvgIpc) is 0.758. The predicted molar refractivity (Wildman–Crippen MR) is 439 cm³/mol. The minimum absolute atomic E-state index is 0.864. The van der Waals surface area contributed by atoms with Gasteiger partial charge in [-0.2, -0.15) is 0 Å². The minimum atomic E-state index is -2.69. The van der Waals surface area contributed by atoms with Gasteiger partial charge in [0.15, 0.2) is 75.5 Å². The van der Waals surface area contributed by atoms with E-state index in [4.69, 9.17) is 109 Å². The fraction of sp³-hybridized carbons (Fsp3) is 0.950.